The lowest BCUT2D eigenvalue weighted by molar-refractivity contribution is 0.447. The standard InChI is InChI=1S/C14H7F3N2/c15-10-5-8(6-11(16)13(10)17)14-9-3-1-2-4-12(9)18-7-19-14/h1-7H. The zero-order chi connectivity index (χ0) is 13.4. The zero-order valence-electron chi connectivity index (χ0n) is 9.57. The molecule has 0 radical (unpaired) electrons. The van der Waals surface area contributed by atoms with Crippen molar-refractivity contribution < 1.29 is 13.2 Å². The quantitative estimate of drug-likeness (QED) is 0.623. The first-order valence-electron chi connectivity index (χ1n) is 5.51. The third-order valence-corrected chi connectivity index (χ3v) is 2.80. The molecule has 5 heteroatoms. The van der Waals surface area contributed by atoms with Crippen molar-refractivity contribution in [3.05, 3.63) is 60.2 Å². The van der Waals surface area contributed by atoms with Gasteiger partial charge in [0.25, 0.3) is 0 Å². The highest BCUT2D eigenvalue weighted by molar-refractivity contribution is 5.91. The number of nitrogens with zero attached hydrogens (tertiary/aromatic N) is 2. The van der Waals surface area contributed by atoms with Crippen LogP contribution in [0.3, 0.4) is 0 Å². The first-order valence-corrected chi connectivity index (χ1v) is 5.51. The first-order chi connectivity index (χ1) is 9.16. The minimum absolute atomic E-state index is 0.176. The topological polar surface area (TPSA) is 25.8 Å². The lowest BCUT2D eigenvalue weighted by Crippen LogP contribution is -1.94. The molecule has 3 aromatic rings. The second kappa shape index (κ2) is 4.35. The van der Waals surface area contributed by atoms with E-state index in [1.807, 2.05) is 0 Å². The number of aromatic nitrogens is 2. The molecule has 0 saturated carbocycles. The van der Waals surface area contributed by atoms with Crippen LogP contribution in [0.4, 0.5) is 13.2 Å². The summed E-state index contributed by atoms with van der Waals surface area (Å²) in [6, 6.07) is 8.91. The third kappa shape index (κ3) is 1.93. The molecule has 0 spiro atoms. The van der Waals surface area contributed by atoms with Crippen molar-refractivity contribution in [2.45, 2.75) is 0 Å². The van der Waals surface area contributed by atoms with Gasteiger partial charge in [0, 0.05) is 10.9 Å². The second-order valence-corrected chi connectivity index (χ2v) is 3.99. The zero-order valence-corrected chi connectivity index (χ0v) is 9.57. The number of hydrogen-bond donors (Lipinski definition) is 0. The Morgan fingerprint density at radius 1 is 0.842 bits per heavy atom. The molecule has 0 unspecified atom stereocenters. The highest BCUT2D eigenvalue weighted by Crippen LogP contribution is 2.27. The van der Waals surface area contributed by atoms with E-state index in [0.29, 0.717) is 16.6 Å². The first kappa shape index (κ1) is 11.6. The van der Waals surface area contributed by atoms with Gasteiger partial charge in [-0.2, -0.15) is 0 Å². The summed E-state index contributed by atoms with van der Waals surface area (Å²) >= 11 is 0. The van der Waals surface area contributed by atoms with Crippen LogP contribution in [-0.2, 0) is 0 Å². The summed E-state index contributed by atoms with van der Waals surface area (Å²) in [7, 11) is 0. The minimum Gasteiger partial charge on any atom is -0.236 e. The second-order valence-electron chi connectivity index (χ2n) is 3.99. The van der Waals surface area contributed by atoms with E-state index in [-0.39, 0.29) is 5.56 Å². The smallest absolute Gasteiger partial charge is 0.194 e. The van der Waals surface area contributed by atoms with Gasteiger partial charge in [-0.3, -0.25) is 0 Å². The van der Waals surface area contributed by atoms with Crippen LogP contribution in [0.15, 0.2) is 42.7 Å². The normalized spacial score (nSPS) is 10.9. The molecule has 0 saturated heterocycles. The van der Waals surface area contributed by atoms with Crippen LogP contribution in [0.1, 0.15) is 0 Å². The van der Waals surface area contributed by atoms with E-state index in [0.717, 1.165) is 12.1 Å². The summed E-state index contributed by atoms with van der Waals surface area (Å²) in [6.45, 7) is 0. The van der Waals surface area contributed by atoms with Gasteiger partial charge in [0.2, 0.25) is 0 Å². The number of benzene rings is 2. The molecule has 0 aliphatic heterocycles. The summed E-state index contributed by atoms with van der Waals surface area (Å²) in [5.74, 6) is -3.96. The number of fused-ring (bicyclic) bond motifs is 1. The number of rotatable bonds is 1. The van der Waals surface area contributed by atoms with Gasteiger partial charge in [-0.05, 0) is 18.2 Å². The molecule has 2 nitrogen and oxygen atoms in total. The number of hydrogen-bond acceptors (Lipinski definition) is 2. The Morgan fingerprint density at radius 3 is 2.26 bits per heavy atom. The van der Waals surface area contributed by atoms with Crippen LogP contribution < -0.4 is 0 Å². The summed E-state index contributed by atoms with van der Waals surface area (Å²) in [4.78, 5) is 8.08. The van der Waals surface area contributed by atoms with Gasteiger partial charge >= 0.3 is 0 Å². The monoisotopic (exact) mass is 260 g/mol. The summed E-state index contributed by atoms with van der Waals surface area (Å²) < 4.78 is 39.5. The Labute approximate surface area is 106 Å². The van der Waals surface area contributed by atoms with Crippen LogP contribution in [0, 0.1) is 17.5 Å². The Balaban J connectivity index is 2.31. The fraction of sp³-hybridized carbons (Fsp3) is 0. The van der Waals surface area contributed by atoms with Gasteiger partial charge in [0.1, 0.15) is 6.33 Å². The van der Waals surface area contributed by atoms with Gasteiger partial charge < -0.3 is 0 Å². The lowest BCUT2D eigenvalue weighted by Gasteiger charge is -2.06. The summed E-state index contributed by atoms with van der Waals surface area (Å²) in [5, 5.41) is 0.649. The van der Waals surface area contributed by atoms with Crippen molar-refractivity contribution in [1.82, 2.24) is 9.97 Å². The van der Waals surface area contributed by atoms with Crippen LogP contribution in [0.5, 0.6) is 0 Å². The van der Waals surface area contributed by atoms with E-state index in [2.05, 4.69) is 9.97 Å². The van der Waals surface area contributed by atoms with Crippen LogP contribution in [0.25, 0.3) is 22.2 Å². The molecule has 1 heterocycles. The van der Waals surface area contributed by atoms with Gasteiger partial charge in [0.05, 0.1) is 11.2 Å². The Kier molecular flexibility index (Phi) is 2.67. The molecule has 0 N–H and O–H groups in total. The van der Waals surface area contributed by atoms with E-state index < -0.39 is 17.5 Å². The maximum atomic E-state index is 13.3. The molecule has 0 amide bonds. The van der Waals surface area contributed by atoms with Crippen LogP contribution in [-0.4, -0.2) is 9.97 Å². The van der Waals surface area contributed by atoms with Gasteiger partial charge in [0.15, 0.2) is 17.5 Å². The Morgan fingerprint density at radius 2 is 1.53 bits per heavy atom. The maximum absolute atomic E-state index is 13.3. The van der Waals surface area contributed by atoms with Crippen molar-refractivity contribution in [3.63, 3.8) is 0 Å². The number of halogens is 3. The van der Waals surface area contributed by atoms with Gasteiger partial charge in [-0.15, -0.1) is 0 Å². The number of para-hydroxylation sites is 1. The summed E-state index contributed by atoms with van der Waals surface area (Å²) in [5.41, 5.74) is 1.19. The van der Waals surface area contributed by atoms with Crippen molar-refractivity contribution in [2.75, 3.05) is 0 Å². The minimum atomic E-state index is -1.48. The molecule has 0 bridgehead atoms. The summed E-state index contributed by atoms with van der Waals surface area (Å²) in [6.07, 6.45) is 1.30. The molecule has 19 heavy (non-hydrogen) atoms. The Bertz CT molecular complexity index is 743. The fourth-order valence-electron chi connectivity index (χ4n) is 1.93. The molecule has 1 aromatic heterocycles. The molecule has 0 aliphatic rings. The molecule has 0 atom stereocenters. The van der Waals surface area contributed by atoms with Crippen molar-refractivity contribution >= 4 is 10.9 Å². The molecule has 3 rings (SSSR count). The van der Waals surface area contributed by atoms with Gasteiger partial charge in [-0.25, -0.2) is 23.1 Å². The van der Waals surface area contributed by atoms with Crippen LogP contribution >= 0.6 is 0 Å². The maximum Gasteiger partial charge on any atom is 0.194 e. The van der Waals surface area contributed by atoms with Gasteiger partial charge in [-0.1, -0.05) is 18.2 Å². The van der Waals surface area contributed by atoms with E-state index in [1.165, 1.54) is 6.33 Å². The average Bonchev–Trinajstić information content (AvgIpc) is 2.43. The van der Waals surface area contributed by atoms with Crippen molar-refractivity contribution in [3.8, 4) is 11.3 Å². The SMILES string of the molecule is Fc1cc(-c2ncnc3ccccc23)cc(F)c1F. The molecule has 0 fully saturated rings. The lowest BCUT2D eigenvalue weighted by atomic mass is 10.1. The molecule has 94 valence electrons. The van der Waals surface area contributed by atoms with E-state index in [1.54, 1.807) is 24.3 Å². The highest BCUT2D eigenvalue weighted by Gasteiger charge is 2.14. The fourth-order valence-corrected chi connectivity index (χ4v) is 1.93. The van der Waals surface area contributed by atoms with E-state index in [4.69, 9.17) is 0 Å². The van der Waals surface area contributed by atoms with Crippen molar-refractivity contribution in [2.24, 2.45) is 0 Å². The molecular formula is C14H7F3N2. The van der Waals surface area contributed by atoms with E-state index in [9.17, 15) is 13.2 Å². The predicted molar refractivity (Wildman–Crippen MR) is 64.8 cm³/mol. The largest absolute Gasteiger partial charge is 0.236 e. The predicted octanol–water partition coefficient (Wildman–Crippen LogP) is 3.71. The van der Waals surface area contributed by atoms with E-state index >= 15 is 0 Å². The molecular weight excluding hydrogens is 253 g/mol. The highest BCUT2D eigenvalue weighted by atomic mass is 19.2. The average molecular weight is 260 g/mol. The molecule has 2 aromatic carbocycles. The van der Waals surface area contributed by atoms with Crippen LogP contribution in [0.2, 0.25) is 0 Å². The third-order valence-electron chi connectivity index (χ3n) is 2.80. The Hall–Kier alpha value is -2.43. The van der Waals surface area contributed by atoms with Crippen molar-refractivity contribution in [1.29, 1.82) is 0 Å². The molecule has 0 aliphatic carbocycles.